The molecule has 0 heterocycles. The van der Waals surface area contributed by atoms with Crippen molar-refractivity contribution >= 4 is 11.9 Å². The van der Waals surface area contributed by atoms with Crippen LogP contribution in [-0.2, 0) is 9.59 Å². The second-order valence-corrected chi connectivity index (χ2v) is 3.23. The van der Waals surface area contributed by atoms with Gasteiger partial charge in [-0.3, -0.25) is 9.59 Å². The molecule has 4 N–H and O–H groups in total. The van der Waals surface area contributed by atoms with Gasteiger partial charge in [-0.1, -0.05) is 26.7 Å². The third-order valence-electron chi connectivity index (χ3n) is 1.66. The van der Waals surface area contributed by atoms with Gasteiger partial charge in [-0.05, 0) is 12.8 Å². The summed E-state index contributed by atoms with van der Waals surface area (Å²) in [7, 11) is 0. The smallest absolute Gasteiger partial charge is 0.320 e. The van der Waals surface area contributed by atoms with Gasteiger partial charge < -0.3 is 15.9 Å². The standard InChI is InChI=1S/C5H11NO2.C5H10O2/c1-2-3-4(6)5(7)8;1-2-3-4-5(6)7/h4H,2-3,6H2,1H3,(H,7,8);2-4H2,1H3,(H,6,7). The summed E-state index contributed by atoms with van der Waals surface area (Å²) < 4.78 is 0. The molecule has 1 unspecified atom stereocenters. The third kappa shape index (κ3) is 15.6. The van der Waals surface area contributed by atoms with Crippen LogP contribution in [0.15, 0.2) is 0 Å². The second kappa shape index (κ2) is 11.0. The molecule has 15 heavy (non-hydrogen) atoms. The largest absolute Gasteiger partial charge is 0.481 e. The summed E-state index contributed by atoms with van der Waals surface area (Å²) in [6.07, 6.45) is 3.47. The van der Waals surface area contributed by atoms with Gasteiger partial charge in [0.15, 0.2) is 0 Å². The highest BCUT2D eigenvalue weighted by Gasteiger charge is 2.07. The Morgan fingerprint density at radius 1 is 1.20 bits per heavy atom. The molecule has 0 radical (unpaired) electrons. The fourth-order valence-corrected chi connectivity index (χ4v) is 0.762. The molecule has 0 spiro atoms. The molecule has 0 saturated heterocycles. The molecule has 0 aliphatic carbocycles. The van der Waals surface area contributed by atoms with E-state index in [-0.39, 0.29) is 0 Å². The number of carbonyl (C=O) groups is 2. The number of rotatable bonds is 6. The lowest BCUT2D eigenvalue weighted by Gasteiger charge is -2.00. The minimum absolute atomic E-state index is 0.316. The summed E-state index contributed by atoms with van der Waals surface area (Å²) in [4.78, 5) is 19.7. The summed E-state index contributed by atoms with van der Waals surface area (Å²) in [6, 6.07) is -0.667. The van der Waals surface area contributed by atoms with Crippen molar-refractivity contribution in [3.05, 3.63) is 0 Å². The zero-order valence-corrected chi connectivity index (χ0v) is 9.40. The molecule has 0 aliphatic rings. The van der Waals surface area contributed by atoms with Crippen LogP contribution in [0.2, 0.25) is 0 Å². The Morgan fingerprint density at radius 3 is 1.87 bits per heavy atom. The second-order valence-electron chi connectivity index (χ2n) is 3.23. The number of hydrogen-bond acceptors (Lipinski definition) is 3. The maximum atomic E-state index is 9.96. The van der Waals surface area contributed by atoms with Crippen LogP contribution in [0.1, 0.15) is 46.0 Å². The van der Waals surface area contributed by atoms with Crippen molar-refractivity contribution in [2.24, 2.45) is 5.73 Å². The first-order chi connectivity index (χ1) is 6.95. The Bertz CT molecular complexity index is 182. The number of nitrogens with two attached hydrogens (primary N) is 1. The van der Waals surface area contributed by atoms with Crippen LogP contribution in [-0.4, -0.2) is 28.2 Å². The fraction of sp³-hybridized carbons (Fsp3) is 0.800. The van der Waals surface area contributed by atoms with Crippen molar-refractivity contribution in [3.8, 4) is 0 Å². The molecule has 0 bridgehead atoms. The monoisotopic (exact) mass is 219 g/mol. The van der Waals surface area contributed by atoms with Crippen molar-refractivity contribution in [2.45, 2.75) is 52.0 Å². The molecule has 0 aliphatic heterocycles. The van der Waals surface area contributed by atoms with Gasteiger partial charge in [0.05, 0.1) is 0 Å². The Kier molecular flexibility index (Phi) is 12.0. The molecule has 90 valence electrons. The lowest BCUT2D eigenvalue weighted by Crippen LogP contribution is -2.29. The topological polar surface area (TPSA) is 101 Å². The van der Waals surface area contributed by atoms with Crippen LogP contribution in [0, 0.1) is 0 Å². The van der Waals surface area contributed by atoms with Gasteiger partial charge in [-0.25, -0.2) is 0 Å². The summed E-state index contributed by atoms with van der Waals surface area (Å²) in [6.45, 7) is 3.88. The zero-order chi connectivity index (χ0) is 12.3. The van der Waals surface area contributed by atoms with Crippen molar-refractivity contribution < 1.29 is 19.8 Å². The summed E-state index contributed by atoms with van der Waals surface area (Å²) >= 11 is 0. The first kappa shape index (κ1) is 16.3. The molecule has 0 rings (SSSR count). The van der Waals surface area contributed by atoms with E-state index in [9.17, 15) is 9.59 Å². The highest BCUT2D eigenvalue weighted by molar-refractivity contribution is 5.72. The Labute approximate surface area is 90.3 Å². The van der Waals surface area contributed by atoms with Gasteiger partial charge in [0, 0.05) is 6.42 Å². The van der Waals surface area contributed by atoms with Crippen molar-refractivity contribution in [1.82, 2.24) is 0 Å². The molecule has 0 amide bonds. The van der Waals surface area contributed by atoms with E-state index >= 15 is 0 Å². The van der Waals surface area contributed by atoms with Crippen molar-refractivity contribution in [3.63, 3.8) is 0 Å². The van der Waals surface area contributed by atoms with Gasteiger partial charge >= 0.3 is 11.9 Å². The minimum Gasteiger partial charge on any atom is -0.481 e. The number of aliphatic carboxylic acids is 2. The van der Waals surface area contributed by atoms with E-state index in [4.69, 9.17) is 15.9 Å². The maximum Gasteiger partial charge on any atom is 0.320 e. The molecule has 0 aromatic carbocycles. The van der Waals surface area contributed by atoms with E-state index in [1.807, 2.05) is 13.8 Å². The molecule has 5 nitrogen and oxygen atoms in total. The quantitative estimate of drug-likeness (QED) is 0.627. The van der Waals surface area contributed by atoms with E-state index in [1.54, 1.807) is 0 Å². The van der Waals surface area contributed by atoms with Crippen LogP contribution in [0.4, 0.5) is 0 Å². The molecule has 5 heteroatoms. The zero-order valence-electron chi connectivity index (χ0n) is 9.40. The number of hydrogen-bond donors (Lipinski definition) is 3. The molecular formula is C10H21NO4. The predicted molar refractivity (Wildman–Crippen MR) is 57.7 cm³/mol. The molecule has 0 aromatic rings. The van der Waals surface area contributed by atoms with Crippen LogP contribution in [0.5, 0.6) is 0 Å². The predicted octanol–water partition coefficient (Wildman–Crippen LogP) is 1.46. The Morgan fingerprint density at radius 2 is 1.73 bits per heavy atom. The van der Waals surface area contributed by atoms with Crippen LogP contribution in [0.25, 0.3) is 0 Å². The maximum absolute atomic E-state index is 9.96. The summed E-state index contributed by atoms with van der Waals surface area (Å²) in [5.74, 6) is -1.60. The van der Waals surface area contributed by atoms with E-state index in [0.29, 0.717) is 12.8 Å². The molecule has 0 fully saturated rings. The first-order valence-electron chi connectivity index (χ1n) is 5.15. The van der Waals surface area contributed by atoms with Gasteiger partial charge in [-0.15, -0.1) is 0 Å². The average molecular weight is 219 g/mol. The molecule has 1 atom stereocenters. The van der Waals surface area contributed by atoms with E-state index in [2.05, 4.69) is 0 Å². The molecular weight excluding hydrogens is 198 g/mol. The van der Waals surface area contributed by atoms with Crippen LogP contribution >= 0.6 is 0 Å². The van der Waals surface area contributed by atoms with Crippen molar-refractivity contribution in [2.75, 3.05) is 0 Å². The summed E-state index contributed by atoms with van der Waals surface area (Å²) in [5.41, 5.74) is 5.13. The van der Waals surface area contributed by atoms with Gasteiger partial charge in [0.1, 0.15) is 6.04 Å². The van der Waals surface area contributed by atoms with Crippen molar-refractivity contribution in [1.29, 1.82) is 0 Å². The molecule has 0 saturated carbocycles. The van der Waals surface area contributed by atoms with E-state index < -0.39 is 18.0 Å². The fourth-order valence-electron chi connectivity index (χ4n) is 0.762. The Hall–Kier alpha value is -1.10. The lowest BCUT2D eigenvalue weighted by molar-refractivity contribution is -0.139. The minimum atomic E-state index is -0.910. The van der Waals surface area contributed by atoms with Gasteiger partial charge in [0.25, 0.3) is 0 Å². The highest BCUT2D eigenvalue weighted by atomic mass is 16.4. The normalized spacial score (nSPS) is 11.1. The Balaban J connectivity index is 0. The lowest BCUT2D eigenvalue weighted by atomic mass is 10.2. The molecule has 0 aromatic heterocycles. The number of carboxylic acid groups (broad SMARTS) is 2. The van der Waals surface area contributed by atoms with E-state index in [0.717, 1.165) is 19.3 Å². The van der Waals surface area contributed by atoms with Crippen LogP contribution < -0.4 is 5.73 Å². The SMILES string of the molecule is CCCC(N)C(=O)O.CCCCC(=O)O. The van der Waals surface area contributed by atoms with Gasteiger partial charge in [0.2, 0.25) is 0 Å². The van der Waals surface area contributed by atoms with Crippen LogP contribution in [0.3, 0.4) is 0 Å². The number of unbranched alkanes of at least 4 members (excludes halogenated alkanes) is 1. The van der Waals surface area contributed by atoms with Gasteiger partial charge in [-0.2, -0.15) is 0 Å². The van der Waals surface area contributed by atoms with E-state index in [1.165, 1.54) is 0 Å². The summed E-state index contributed by atoms with van der Waals surface area (Å²) in [5, 5.41) is 16.2. The first-order valence-corrected chi connectivity index (χ1v) is 5.15. The number of carboxylic acids is 2. The average Bonchev–Trinajstić information content (AvgIpc) is 2.16. The highest BCUT2D eigenvalue weighted by Crippen LogP contribution is 1.91. The third-order valence-corrected chi connectivity index (χ3v) is 1.66.